The van der Waals surface area contributed by atoms with Crippen molar-refractivity contribution >= 4 is 11.5 Å². The van der Waals surface area contributed by atoms with E-state index in [1.54, 1.807) is 18.2 Å². The number of esters is 1. The lowest BCUT2D eigenvalue weighted by Gasteiger charge is -2.17. The number of benzene rings is 1. The van der Waals surface area contributed by atoms with Gasteiger partial charge in [0.1, 0.15) is 5.69 Å². The monoisotopic (exact) mass is 363 g/mol. The summed E-state index contributed by atoms with van der Waals surface area (Å²) >= 11 is 0. The van der Waals surface area contributed by atoms with Crippen molar-refractivity contribution in [2.75, 3.05) is 7.11 Å². The number of nitrogens with zero attached hydrogens (tertiary/aromatic N) is 1. The number of ether oxygens (including phenoxy) is 1. The molecule has 0 radical (unpaired) electrons. The summed E-state index contributed by atoms with van der Waals surface area (Å²) in [5, 5.41) is 4.01. The molecule has 136 valence electrons. The van der Waals surface area contributed by atoms with Gasteiger partial charge in [0.25, 0.3) is 0 Å². The minimum atomic E-state index is -4.38. The van der Waals surface area contributed by atoms with E-state index in [-0.39, 0.29) is 5.92 Å². The van der Waals surface area contributed by atoms with Crippen LogP contribution >= 0.6 is 0 Å². The molecule has 1 aliphatic rings. The average Bonchev–Trinajstić information content (AvgIpc) is 3.10. The van der Waals surface area contributed by atoms with E-state index in [1.807, 2.05) is 6.92 Å². The van der Waals surface area contributed by atoms with Crippen LogP contribution in [0.4, 0.5) is 13.2 Å². The number of carbonyl (C=O) groups excluding carboxylic acids is 1. The number of halogens is 3. The van der Waals surface area contributed by atoms with E-state index in [2.05, 4.69) is 5.16 Å². The summed E-state index contributed by atoms with van der Waals surface area (Å²) in [5.74, 6) is 0.0471. The molecule has 0 N–H and O–H groups in total. The van der Waals surface area contributed by atoms with Crippen LogP contribution in [0.2, 0.25) is 0 Å². The second-order valence-electron chi connectivity index (χ2n) is 6.04. The molecule has 0 saturated heterocycles. The van der Waals surface area contributed by atoms with Crippen molar-refractivity contribution < 1.29 is 27.2 Å². The lowest BCUT2D eigenvalue weighted by Crippen LogP contribution is -2.10. The molecule has 1 aromatic heterocycles. The highest BCUT2D eigenvalue weighted by atomic mass is 19.4. The predicted molar refractivity (Wildman–Crippen MR) is 88.8 cm³/mol. The Morgan fingerprint density at radius 1 is 1.27 bits per heavy atom. The van der Waals surface area contributed by atoms with Crippen molar-refractivity contribution in [3.63, 3.8) is 0 Å². The topological polar surface area (TPSA) is 52.3 Å². The lowest BCUT2D eigenvalue weighted by molar-refractivity contribution is -0.137. The number of aromatic nitrogens is 1. The molecule has 0 fully saturated rings. The molecule has 0 aliphatic heterocycles. The summed E-state index contributed by atoms with van der Waals surface area (Å²) in [6, 6.07) is 6.33. The van der Waals surface area contributed by atoms with Gasteiger partial charge < -0.3 is 9.26 Å². The third kappa shape index (κ3) is 3.56. The van der Waals surface area contributed by atoms with Crippen LogP contribution in [0.25, 0.3) is 16.9 Å². The third-order valence-electron chi connectivity index (χ3n) is 4.26. The summed E-state index contributed by atoms with van der Waals surface area (Å²) in [4.78, 5) is 11.7. The molecular weight excluding hydrogens is 347 g/mol. The highest BCUT2D eigenvalue weighted by Gasteiger charge is 2.30. The van der Waals surface area contributed by atoms with Gasteiger partial charge in [-0.05, 0) is 36.1 Å². The zero-order chi connectivity index (χ0) is 18.9. The standard InChI is InChI=1S/C19H16F3NO3/c1-11-3-4-13(18(24)25-2)9-15(11)16-10-17(26-23-16)12-5-7-14(8-6-12)19(20,21)22/h4-11H,3H2,1-2H3. The number of alkyl halides is 3. The van der Waals surface area contributed by atoms with Crippen LogP contribution in [-0.4, -0.2) is 18.2 Å². The Bertz CT molecular complexity index is 876. The molecule has 7 heteroatoms. The van der Waals surface area contributed by atoms with Gasteiger partial charge in [-0.15, -0.1) is 0 Å². The van der Waals surface area contributed by atoms with Crippen LogP contribution < -0.4 is 0 Å². The third-order valence-corrected chi connectivity index (χ3v) is 4.26. The van der Waals surface area contributed by atoms with Crippen LogP contribution in [0.5, 0.6) is 0 Å². The van der Waals surface area contributed by atoms with Gasteiger partial charge in [0.05, 0.1) is 18.2 Å². The number of hydrogen-bond donors (Lipinski definition) is 0. The minimum absolute atomic E-state index is 0.119. The Hall–Kier alpha value is -2.83. The molecule has 0 bridgehead atoms. The number of carbonyl (C=O) groups is 1. The van der Waals surface area contributed by atoms with Gasteiger partial charge in [-0.1, -0.05) is 30.3 Å². The SMILES string of the molecule is COC(=O)C1=CCC(C)C(c2cc(-c3ccc(C(F)(F)F)cc3)on2)=C1. The normalized spacial score (nSPS) is 17.5. The molecule has 4 nitrogen and oxygen atoms in total. The first-order valence-corrected chi connectivity index (χ1v) is 7.94. The molecule has 2 aromatic rings. The zero-order valence-corrected chi connectivity index (χ0v) is 14.1. The molecule has 1 heterocycles. The van der Waals surface area contributed by atoms with Gasteiger partial charge in [-0.2, -0.15) is 13.2 Å². The lowest BCUT2D eigenvalue weighted by atomic mass is 9.88. The first kappa shape index (κ1) is 18.0. The van der Waals surface area contributed by atoms with Gasteiger partial charge >= 0.3 is 12.1 Å². The molecule has 1 atom stereocenters. The predicted octanol–water partition coefficient (Wildman–Crippen LogP) is 4.88. The molecule has 26 heavy (non-hydrogen) atoms. The maximum atomic E-state index is 12.7. The maximum Gasteiger partial charge on any atom is 0.416 e. The number of allylic oxidation sites excluding steroid dienone is 2. The molecule has 1 unspecified atom stereocenters. The van der Waals surface area contributed by atoms with Crippen molar-refractivity contribution in [1.29, 1.82) is 0 Å². The second kappa shape index (κ2) is 6.82. The van der Waals surface area contributed by atoms with Gasteiger partial charge in [0.15, 0.2) is 5.76 Å². The van der Waals surface area contributed by atoms with Crippen molar-refractivity contribution in [3.8, 4) is 11.3 Å². The number of methoxy groups -OCH3 is 1. The Balaban J connectivity index is 1.89. The van der Waals surface area contributed by atoms with Gasteiger partial charge in [0, 0.05) is 11.6 Å². The highest BCUT2D eigenvalue weighted by Crippen LogP contribution is 2.35. The van der Waals surface area contributed by atoms with Crippen LogP contribution in [0, 0.1) is 5.92 Å². The summed E-state index contributed by atoms with van der Waals surface area (Å²) in [6.07, 6.45) is -0.228. The van der Waals surface area contributed by atoms with Crippen LogP contribution in [0.3, 0.4) is 0 Å². The summed E-state index contributed by atoms with van der Waals surface area (Å²) in [7, 11) is 1.31. The van der Waals surface area contributed by atoms with Crippen molar-refractivity contribution in [1.82, 2.24) is 5.16 Å². The largest absolute Gasteiger partial charge is 0.465 e. The number of hydrogen-bond acceptors (Lipinski definition) is 4. The Morgan fingerprint density at radius 2 is 1.96 bits per heavy atom. The van der Waals surface area contributed by atoms with Gasteiger partial charge in [0.2, 0.25) is 0 Å². The van der Waals surface area contributed by atoms with Crippen molar-refractivity contribution in [2.24, 2.45) is 5.92 Å². The van der Waals surface area contributed by atoms with E-state index in [0.29, 0.717) is 29.0 Å². The van der Waals surface area contributed by atoms with Gasteiger partial charge in [-0.3, -0.25) is 0 Å². The van der Waals surface area contributed by atoms with Crippen LogP contribution in [0.15, 0.2) is 52.6 Å². The molecule has 0 spiro atoms. The maximum absolute atomic E-state index is 12.7. The Labute approximate surface area is 147 Å². The second-order valence-corrected chi connectivity index (χ2v) is 6.04. The van der Waals surface area contributed by atoms with Crippen molar-refractivity contribution in [2.45, 2.75) is 19.5 Å². The van der Waals surface area contributed by atoms with Crippen molar-refractivity contribution in [3.05, 3.63) is 59.3 Å². The van der Waals surface area contributed by atoms with E-state index >= 15 is 0 Å². The molecule has 1 aromatic carbocycles. The van der Waals surface area contributed by atoms with E-state index < -0.39 is 17.7 Å². The Morgan fingerprint density at radius 3 is 2.58 bits per heavy atom. The first-order valence-electron chi connectivity index (χ1n) is 7.94. The molecule has 0 amide bonds. The van der Waals surface area contributed by atoms with Crippen LogP contribution in [-0.2, 0) is 15.7 Å². The fourth-order valence-electron chi connectivity index (χ4n) is 2.76. The molecular formula is C19H16F3NO3. The smallest absolute Gasteiger partial charge is 0.416 e. The fraction of sp³-hybridized carbons (Fsp3) is 0.263. The molecule has 0 saturated carbocycles. The number of rotatable bonds is 3. The summed E-state index contributed by atoms with van der Waals surface area (Å²) < 4.78 is 48.0. The summed E-state index contributed by atoms with van der Waals surface area (Å²) in [5.41, 5.74) is 1.57. The minimum Gasteiger partial charge on any atom is -0.465 e. The highest BCUT2D eigenvalue weighted by molar-refractivity contribution is 5.95. The van der Waals surface area contributed by atoms with E-state index in [4.69, 9.17) is 9.26 Å². The molecule has 3 rings (SSSR count). The Kier molecular flexibility index (Phi) is 4.71. The fourth-order valence-corrected chi connectivity index (χ4v) is 2.76. The van der Waals surface area contributed by atoms with Crippen LogP contribution in [0.1, 0.15) is 24.6 Å². The quantitative estimate of drug-likeness (QED) is 0.729. The van der Waals surface area contributed by atoms with E-state index in [9.17, 15) is 18.0 Å². The van der Waals surface area contributed by atoms with Gasteiger partial charge in [-0.25, -0.2) is 4.79 Å². The first-order chi connectivity index (χ1) is 12.3. The summed E-state index contributed by atoms with van der Waals surface area (Å²) in [6.45, 7) is 1.99. The zero-order valence-electron chi connectivity index (χ0n) is 14.1. The average molecular weight is 363 g/mol. The molecule has 1 aliphatic carbocycles. The van der Waals surface area contributed by atoms with E-state index in [1.165, 1.54) is 19.2 Å². The van der Waals surface area contributed by atoms with E-state index in [0.717, 1.165) is 17.7 Å².